The molecule has 0 saturated carbocycles. The van der Waals surface area contributed by atoms with E-state index in [-0.39, 0.29) is 12.5 Å². The fraction of sp³-hybridized carbons (Fsp3) is 0.208. The van der Waals surface area contributed by atoms with Gasteiger partial charge in [-0.15, -0.1) is 0 Å². The second kappa shape index (κ2) is 9.64. The molecule has 5 nitrogen and oxygen atoms in total. The zero-order valence-corrected chi connectivity index (χ0v) is 16.9. The average molecular weight is 391 g/mol. The van der Waals surface area contributed by atoms with Crippen LogP contribution in [0.15, 0.2) is 66.7 Å². The third-order valence-electron chi connectivity index (χ3n) is 4.47. The molecule has 0 fully saturated rings. The molecule has 0 aliphatic rings. The molecule has 0 aliphatic carbocycles. The van der Waals surface area contributed by atoms with Crippen molar-refractivity contribution >= 4 is 11.6 Å². The van der Waals surface area contributed by atoms with E-state index in [0.717, 1.165) is 16.8 Å². The topological polar surface area (TPSA) is 56.8 Å². The summed E-state index contributed by atoms with van der Waals surface area (Å²) in [5, 5.41) is 2.96. The molecular weight excluding hydrogens is 366 g/mol. The van der Waals surface area contributed by atoms with Crippen LogP contribution >= 0.6 is 0 Å². The Morgan fingerprint density at radius 3 is 2.34 bits per heavy atom. The van der Waals surface area contributed by atoms with Crippen LogP contribution in [0.4, 0.5) is 5.69 Å². The predicted molar refractivity (Wildman–Crippen MR) is 114 cm³/mol. The van der Waals surface area contributed by atoms with Crippen molar-refractivity contribution < 1.29 is 19.0 Å². The molecule has 0 heterocycles. The molecule has 3 aromatic rings. The van der Waals surface area contributed by atoms with Crippen molar-refractivity contribution in [3.8, 4) is 17.2 Å². The van der Waals surface area contributed by atoms with Gasteiger partial charge in [-0.25, -0.2) is 0 Å². The number of hydrogen-bond donors (Lipinski definition) is 1. The number of amides is 1. The lowest BCUT2D eigenvalue weighted by molar-refractivity contribution is 0.102. The maximum Gasteiger partial charge on any atom is 0.255 e. The van der Waals surface area contributed by atoms with Gasteiger partial charge in [0.15, 0.2) is 11.5 Å². The number of aryl methyl sites for hydroxylation is 1. The van der Waals surface area contributed by atoms with Crippen molar-refractivity contribution in [2.75, 3.05) is 19.0 Å². The number of carbonyl (C=O) groups is 1. The second-order valence-corrected chi connectivity index (χ2v) is 6.46. The number of methoxy groups -OCH3 is 1. The SMILES string of the molecule is CCOc1ccc(C(=O)Nc2ccccc2C)cc1COc1ccccc1OC. The lowest BCUT2D eigenvalue weighted by Gasteiger charge is -2.15. The maximum atomic E-state index is 12.7. The molecule has 29 heavy (non-hydrogen) atoms. The highest BCUT2D eigenvalue weighted by Gasteiger charge is 2.13. The molecule has 3 rings (SSSR count). The van der Waals surface area contributed by atoms with Crippen LogP contribution in [0.1, 0.15) is 28.4 Å². The predicted octanol–water partition coefficient (Wildman–Crippen LogP) is 5.23. The number of hydrogen-bond acceptors (Lipinski definition) is 4. The quantitative estimate of drug-likeness (QED) is 0.571. The van der Waals surface area contributed by atoms with Gasteiger partial charge < -0.3 is 19.5 Å². The van der Waals surface area contributed by atoms with Gasteiger partial charge in [-0.3, -0.25) is 4.79 Å². The minimum atomic E-state index is -0.180. The molecular formula is C24H25NO4. The van der Waals surface area contributed by atoms with Crippen LogP contribution in [0, 0.1) is 6.92 Å². The first-order valence-corrected chi connectivity index (χ1v) is 9.51. The Labute approximate surface area is 171 Å². The Bertz CT molecular complexity index is 984. The van der Waals surface area contributed by atoms with Crippen molar-refractivity contribution in [2.24, 2.45) is 0 Å². The molecule has 0 unspecified atom stereocenters. The van der Waals surface area contributed by atoms with Gasteiger partial charge in [-0.2, -0.15) is 0 Å². The molecule has 0 aromatic heterocycles. The van der Waals surface area contributed by atoms with Crippen LogP contribution in [0.25, 0.3) is 0 Å². The first kappa shape index (κ1) is 20.3. The normalized spacial score (nSPS) is 10.3. The number of ether oxygens (including phenoxy) is 3. The van der Waals surface area contributed by atoms with E-state index in [0.29, 0.717) is 29.4 Å². The van der Waals surface area contributed by atoms with Crippen molar-refractivity contribution in [3.05, 3.63) is 83.4 Å². The number of rotatable bonds is 8. The van der Waals surface area contributed by atoms with Crippen LogP contribution in [0.3, 0.4) is 0 Å². The Kier molecular flexibility index (Phi) is 6.74. The van der Waals surface area contributed by atoms with Crippen molar-refractivity contribution in [3.63, 3.8) is 0 Å². The van der Waals surface area contributed by atoms with E-state index < -0.39 is 0 Å². The van der Waals surface area contributed by atoms with Crippen LogP contribution in [-0.2, 0) is 6.61 Å². The van der Waals surface area contributed by atoms with Gasteiger partial charge in [0.2, 0.25) is 0 Å². The Morgan fingerprint density at radius 2 is 1.62 bits per heavy atom. The Hall–Kier alpha value is -3.47. The van der Waals surface area contributed by atoms with Gasteiger partial charge in [0.05, 0.1) is 13.7 Å². The second-order valence-electron chi connectivity index (χ2n) is 6.46. The standard InChI is InChI=1S/C24H25NO4/c1-4-28-21-14-13-18(24(26)25-20-10-6-5-9-17(20)2)15-19(21)16-29-23-12-8-7-11-22(23)27-3/h5-15H,4,16H2,1-3H3,(H,25,26). The highest BCUT2D eigenvalue weighted by Crippen LogP contribution is 2.29. The van der Waals surface area contributed by atoms with E-state index >= 15 is 0 Å². The van der Waals surface area contributed by atoms with E-state index in [2.05, 4.69) is 5.32 Å². The Balaban J connectivity index is 1.81. The van der Waals surface area contributed by atoms with E-state index in [1.54, 1.807) is 25.3 Å². The van der Waals surface area contributed by atoms with Crippen LogP contribution in [0.2, 0.25) is 0 Å². The molecule has 150 valence electrons. The number of nitrogens with one attached hydrogen (secondary N) is 1. The molecule has 0 saturated heterocycles. The van der Waals surface area contributed by atoms with Gasteiger partial charge >= 0.3 is 0 Å². The van der Waals surface area contributed by atoms with E-state index in [1.807, 2.05) is 62.4 Å². The van der Waals surface area contributed by atoms with Gasteiger partial charge in [0, 0.05) is 16.8 Å². The summed E-state index contributed by atoms with van der Waals surface area (Å²) in [4.78, 5) is 12.7. The molecule has 3 aromatic carbocycles. The van der Waals surface area contributed by atoms with Crippen LogP contribution in [-0.4, -0.2) is 19.6 Å². The molecule has 1 amide bonds. The Morgan fingerprint density at radius 1 is 0.897 bits per heavy atom. The summed E-state index contributed by atoms with van der Waals surface area (Å²) in [5.41, 5.74) is 3.12. The van der Waals surface area contributed by atoms with Crippen molar-refractivity contribution in [1.29, 1.82) is 0 Å². The fourth-order valence-electron chi connectivity index (χ4n) is 2.93. The third kappa shape index (κ3) is 5.08. The number of para-hydroxylation sites is 3. The lowest BCUT2D eigenvalue weighted by Crippen LogP contribution is -2.13. The molecule has 5 heteroatoms. The average Bonchev–Trinajstić information content (AvgIpc) is 2.75. The first-order valence-electron chi connectivity index (χ1n) is 9.51. The van der Waals surface area contributed by atoms with Crippen LogP contribution in [0.5, 0.6) is 17.2 Å². The largest absolute Gasteiger partial charge is 0.493 e. The van der Waals surface area contributed by atoms with Crippen molar-refractivity contribution in [1.82, 2.24) is 0 Å². The maximum absolute atomic E-state index is 12.7. The summed E-state index contributed by atoms with van der Waals surface area (Å²) in [6, 6.07) is 20.5. The minimum absolute atomic E-state index is 0.180. The molecule has 0 aliphatic heterocycles. The third-order valence-corrected chi connectivity index (χ3v) is 4.47. The van der Waals surface area contributed by atoms with E-state index in [1.165, 1.54) is 0 Å². The van der Waals surface area contributed by atoms with Gasteiger partial charge in [0.1, 0.15) is 12.4 Å². The van der Waals surface area contributed by atoms with Crippen LogP contribution < -0.4 is 19.5 Å². The molecule has 0 spiro atoms. The highest BCUT2D eigenvalue weighted by atomic mass is 16.5. The zero-order valence-electron chi connectivity index (χ0n) is 16.9. The van der Waals surface area contributed by atoms with E-state index in [9.17, 15) is 4.79 Å². The molecule has 0 radical (unpaired) electrons. The van der Waals surface area contributed by atoms with Crippen molar-refractivity contribution in [2.45, 2.75) is 20.5 Å². The van der Waals surface area contributed by atoms with Gasteiger partial charge in [-0.1, -0.05) is 30.3 Å². The van der Waals surface area contributed by atoms with Gasteiger partial charge in [-0.05, 0) is 55.8 Å². The molecule has 0 atom stereocenters. The number of anilines is 1. The highest BCUT2D eigenvalue weighted by molar-refractivity contribution is 6.04. The first-order chi connectivity index (χ1) is 14.1. The summed E-state index contributed by atoms with van der Waals surface area (Å²) in [6.07, 6.45) is 0. The minimum Gasteiger partial charge on any atom is -0.493 e. The summed E-state index contributed by atoms with van der Waals surface area (Å²) in [5.74, 6) is 1.79. The summed E-state index contributed by atoms with van der Waals surface area (Å²) in [6.45, 7) is 4.65. The number of carbonyl (C=O) groups excluding carboxylic acids is 1. The molecule has 1 N–H and O–H groups in total. The summed E-state index contributed by atoms with van der Waals surface area (Å²) < 4.78 is 17.0. The summed E-state index contributed by atoms with van der Waals surface area (Å²) >= 11 is 0. The van der Waals surface area contributed by atoms with Gasteiger partial charge in [0.25, 0.3) is 5.91 Å². The molecule has 0 bridgehead atoms. The lowest BCUT2D eigenvalue weighted by atomic mass is 10.1. The smallest absolute Gasteiger partial charge is 0.255 e. The summed E-state index contributed by atoms with van der Waals surface area (Å²) in [7, 11) is 1.60. The zero-order chi connectivity index (χ0) is 20.6. The number of benzene rings is 3. The monoisotopic (exact) mass is 391 g/mol. The van der Waals surface area contributed by atoms with E-state index in [4.69, 9.17) is 14.2 Å². The fourth-order valence-corrected chi connectivity index (χ4v) is 2.93.